The van der Waals surface area contributed by atoms with Crippen LogP contribution in [0, 0.1) is 3.57 Å². The van der Waals surface area contributed by atoms with Gasteiger partial charge in [0.05, 0.1) is 19.0 Å². The Kier molecular flexibility index (Phi) is 4.92. The molecule has 0 bridgehead atoms. The fraction of sp³-hybridized carbons (Fsp3) is 0.231. The van der Waals surface area contributed by atoms with Gasteiger partial charge in [0.1, 0.15) is 9.39 Å². The highest BCUT2D eigenvalue weighted by molar-refractivity contribution is 14.1. The second kappa shape index (κ2) is 6.67. The molecule has 0 fully saturated rings. The lowest BCUT2D eigenvalue weighted by molar-refractivity contribution is 0.273. The smallest absolute Gasteiger partial charge is 0.266 e. The van der Waals surface area contributed by atoms with Crippen LogP contribution in [0.15, 0.2) is 41.5 Å². The lowest BCUT2D eigenvalue weighted by Crippen LogP contribution is -2.28. The van der Waals surface area contributed by atoms with E-state index in [2.05, 4.69) is 15.3 Å². The van der Waals surface area contributed by atoms with E-state index in [4.69, 9.17) is 0 Å². The van der Waals surface area contributed by atoms with Crippen LogP contribution in [-0.2, 0) is 6.42 Å². The number of nitrogens with one attached hydrogen (secondary N) is 2. The largest absolute Gasteiger partial charge is 0.394 e. The van der Waals surface area contributed by atoms with Crippen LogP contribution in [-0.4, -0.2) is 27.7 Å². The molecule has 1 aromatic carbocycles. The number of aliphatic hydroxyl groups is 1. The van der Waals surface area contributed by atoms with Crippen LogP contribution >= 0.6 is 22.6 Å². The maximum Gasteiger partial charge on any atom is 0.266 e. The van der Waals surface area contributed by atoms with Gasteiger partial charge in [0, 0.05) is 0 Å². The molecule has 100 valence electrons. The number of H-pyrrole nitrogens is 1. The molecule has 2 aromatic rings. The summed E-state index contributed by atoms with van der Waals surface area (Å²) in [6.07, 6.45) is 2.02. The summed E-state index contributed by atoms with van der Waals surface area (Å²) in [6.45, 7) is -0.0283. The van der Waals surface area contributed by atoms with Crippen LogP contribution in [0.3, 0.4) is 0 Å². The van der Waals surface area contributed by atoms with E-state index < -0.39 is 0 Å². The first-order valence-electron chi connectivity index (χ1n) is 5.85. The van der Waals surface area contributed by atoms with Gasteiger partial charge in [-0.25, -0.2) is 4.98 Å². The van der Waals surface area contributed by atoms with Gasteiger partial charge in [-0.2, -0.15) is 0 Å². The zero-order chi connectivity index (χ0) is 13.7. The number of rotatable bonds is 5. The Morgan fingerprint density at radius 1 is 1.37 bits per heavy atom. The number of aromatic amines is 1. The van der Waals surface area contributed by atoms with Crippen molar-refractivity contribution in [2.75, 3.05) is 11.9 Å². The minimum Gasteiger partial charge on any atom is -0.394 e. The van der Waals surface area contributed by atoms with Crippen molar-refractivity contribution >= 4 is 28.4 Å². The minimum absolute atomic E-state index is 0.0283. The van der Waals surface area contributed by atoms with Crippen LogP contribution in [0.25, 0.3) is 0 Å². The van der Waals surface area contributed by atoms with Crippen molar-refractivity contribution in [2.24, 2.45) is 0 Å². The number of benzene rings is 1. The third-order valence-electron chi connectivity index (χ3n) is 2.68. The summed E-state index contributed by atoms with van der Waals surface area (Å²) < 4.78 is 0.492. The molecule has 0 aliphatic heterocycles. The Morgan fingerprint density at radius 2 is 2.11 bits per heavy atom. The van der Waals surface area contributed by atoms with E-state index in [1.54, 1.807) is 0 Å². The van der Waals surface area contributed by atoms with Gasteiger partial charge in [0.15, 0.2) is 0 Å². The number of hydrogen-bond donors (Lipinski definition) is 3. The number of anilines is 1. The van der Waals surface area contributed by atoms with E-state index in [1.807, 2.05) is 52.9 Å². The maximum atomic E-state index is 11.5. The standard InChI is InChI=1S/C13H14IN3O2/c14-11-12(15-8-16-13(11)19)17-10(7-18)6-9-4-2-1-3-5-9/h1-5,8,10,18H,6-7H2,(H2,15,16,17,19). The van der Waals surface area contributed by atoms with Gasteiger partial charge >= 0.3 is 0 Å². The van der Waals surface area contributed by atoms with Crippen molar-refractivity contribution in [3.05, 3.63) is 56.1 Å². The summed E-state index contributed by atoms with van der Waals surface area (Å²) in [5.74, 6) is 0.499. The predicted octanol–water partition coefficient (Wildman–Crippen LogP) is 1.39. The molecule has 6 heteroatoms. The molecule has 19 heavy (non-hydrogen) atoms. The zero-order valence-corrected chi connectivity index (χ0v) is 12.3. The normalized spacial score (nSPS) is 12.1. The molecule has 0 spiro atoms. The fourth-order valence-corrected chi connectivity index (χ4v) is 2.19. The van der Waals surface area contributed by atoms with Gasteiger partial charge in [-0.1, -0.05) is 30.3 Å². The van der Waals surface area contributed by atoms with E-state index >= 15 is 0 Å². The average Bonchev–Trinajstić information content (AvgIpc) is 2.44. The summed E-state index contributed by atoms with van der Waals surface area (Å²) in [6, 6.07) is 9.69. The molecule has 0 saturated carbocycles. The number of halogens is 1. The number of aromatic nitrogens is 2. The fourth-order valence-electron chi connectivity index (χ4n) is 1.74. The van der Waals surface area contributed by atoms with Gasteiger partial charge in [-0.3, -0.25) is 4.79 Å². The van der Waals surface area contributed by atoms with Crippen LogP contribution in [0.4, 0.5) is 5.82 Å². The van der Waals surface area contributed by atoms with Crippen molar-refractivity contribution in [1.82, 2.24) is 9.97 Å². The monoisotopic (exact) mass is 371 g/mol. The van der Waals surface area contributed by atoms with Crippen molar-refractivity contribution in [3.63, 3.8) is 0 Å². The summed E-state index contributed by atoms with van der Waals surface area (Å²) >= 11 is 1.94. The lowest BCUT2D eigenvalue weighted by Gasteiger charge is -2.17. The first kappa shape index (κ1) is 14.0. The SMILES string of the molecule is O=c1[nH]cnc(NC(CO)Cc2ccccc2)c1I. The van der Waals surface area contributed by atoms with Crippen LogP contribution in [0.5, 0.6) is 0 Å². The number of nitrogens with zero attached hydrogens (tertiary/aromatic N) is 1. The highest BCUT2D eigenvalue weighted by Gasteiger charge is 2.12. The molecular formula is C13H14IN3O2. The lowest BCUT2D eigenvalue weighted by atomic mass is 10.1. The molecule has 1 aromatic heterocycles. The van der Waals surface area contributed by atoms with E-state index in [0.29, 0.717) is 15.8 Å². The number of aliphatic hydroxyl groups excluding tert-OH is 1. The minimum atomic E-state index is -0.186. The molecule has 1 atom stereocenters. The molecule has 2 rings (SSSR count). The average molecular weight is 371 g/mol. The highest BCUT2D eigenvalue weighted by Crippen LogP contribution is 2.12. The Hall–Kier alpha value is -1.41. The van der Waals surface area contributed by atoms with Crippen molar-refractivity contribution < 1.29 is 5.11 Å². The van der Waals surface area contributed by atoms with Crippen LogP contribution < -0.4 is 10.9 Å². The number of hydrogen-bond acceptors (Lipinski definition) is 4. The van der Waals surface area contributed by atoms with Crippen molar-refractivity contribution in [3.8, 4) is 0 Å². The summed E-state index contributed by atoms with van der Waals surface area (Å²) in [7, 11) is 0. The highest BCUT2D eigenvalue weighted by atomic mass is 127. The summed E-state index contributed by atoms with van der Waals surface area (Å²) in [5, 5.41) is 12.5. The molecular weight excluding hydrogens is 357 g/mol. The molecule has 3 N–H and O–H groups in total. The zero-order valence-electron chi connectivity index (χ0n) is 10.1. The summed E-state index contributed by atoms with van der Waals surface area (Å²) in [4.78, 5) is 18.0. The molecule has 1 heterocycles. The van der Waals surface area contributed by atoms with E-state index in [9.17, 15) is 9.90 Å². The Labute approximate surface area is 124 Å². The third kappa shape index (κ3) is 3.77. The van der Waals surface area contributed by atoms with Crippen LogP contribution in [0.1, 0.15) is 5.56 Å². The predicted molar refractivity (Wildman–Crippen MR) is 82.2 cm³/mol. The first-order chi connectivity index (χ1) is 9.20. The second-order valence-corrected chi connectivity index (χ2v) is 5.19. The molecule has 5 nitrogen and oxygen atoms in total. The Morgan fingerprint density at radius 3 is 2.79 bits per heavy atom. The Bertz CT molecular complexity index is 586. The van der Waals surface area contributed by atoms with Crippen LogP contribution in [0.2, 0.25) is 0 Å². The third-order valence-corrected chi connectivity index (χ3v) is 3.68. The first-order valence-corrected chi connectivity index (χ1v) is 6.93. The molecule has 0 radical (unpaired) electrons. The van der Waals surface area contributed by atoms with E-state index in [-0.39, 0.29) is 18.2 Å². The Balaban J connectivity index is 2.11. The second-order valence-electron chi connectivity index (χ2n) is 4.11. The van der Waals surface area contributed by atoms with Crippen molar-refractivity contribution in [1.29, 1.82) is 0 Å². The van der Waals surface area contributed by atoms with Gasteiger partial charge < -0.3 is 15.4 Å². The maximum absolute atomic E-state index is 11.5. The molecule has 0 aliphatic carbocycles. The van der Waals surface area contributed by atoms with Gasteiger partial charge in [-0.15, -0.1) is 0 Å². The molecule has 0 aliphatic rings. The van der Waals surface area contributed by atoms with E-state index in [1.165, 1.54) is 6.33 Å². The summed E-state index contributed by atoms with van der Waals surface area (Å²) in [5.41, 5.74) is 0.934. The van der Waals surface area contributed by atoms with E-state index in [0.717, 1.165) is 5.56 Å². The molecule has 0 amide bonds. The molecule has 0 saturated heterocycles. The topological polar surface area (TPSA) is 78.0 Å². The van der Waals surface area contributed by atoms with Crippen molar-refractivity contribution in [2.45, 2.75) is 12.5 Å². The van der Waals surface area contributed by atoms with Gasteiger partial charge in [0.2, 0.25) is 0 Å². The molecule has 1 unspecified atom stereocenters. The van der Waals surface area contributed by atoms with Gasteiger partial charge in [-0.05, 0) is 34.6 Å². The van der Waals surface area contributed by atoms with Gasteiger partial charge in [0.25, 0.3) is 5.56 Å². The quantitative estimate of drug-likeness (QED) is 0.695.